The van der Waals surface area contributed by atoms with Crippen molar-refractivity contribution in [2.24, 2.45) is 33.8 Å². The molecule has 10 aliphatic rings. The molecule has 8 fully saturated rings. The van der Waals surface area contributed by atoms with Crippen molar-refractivity contribution in [1.29, 1.82) is 0 Å². The highest BCUT2D eigenvalue weighted by Gasteiger charge is 2.67. The quantitative estimate of drug-likeness (QED) is 0.0587. The number of alkyl halides is 8. The molecular weight excluding hydrogens is 1590 g/mol. The van der Waals surface area contributed by atoms with Gasteiger partial charge in [-0.25, -0.2) is 68.7 Å². The third-order valence-corrected chi connectivity index (χ3v) is 25.2. The molecule has 0 radical (unpaired) electrons. The zero-order valence-corrected chi connectivity index (χ0v) is 64.9. The van der Waals surface area contributed by atoms with Crippen LogP contribution in [0.2, 0.25) is 0 Å². The number of aromatic nitrogens is 4. The summed E-state index contributed by atoms with van der Waals surface area (Å²) in [5, 5.41) is 13.7. The molecule has 114 heavy (non-hydrogen) atoms. The van der Waals surface area contributed by atoms with Crippen molar-refractivity contribution in [3.63, 3.8) is 0 Å². The predicted octanol–water partition coefficient (Wildman–Crippen LogP) is 7.58. The maximum Gasteiger partial charge on any atom is 0.408 e. The number of carboxylic acid groups (broad SMARTS) is 1. The number of carboxylic acids is 1. The molecule has 6 heterocycles. The zero-order valence-electron chi connectivity index (χ0n) is 62.5. The summed E-state index contributed by atoms with van der Waals surface area (Å²) in [4.78, 5) is 125. The van der Waals surface area contributed by atoms with E-state index in [1.54, 1.807) is 82.7 Å². The molecule has 2 saturated heterocycles. The lowest BCUT2D eigenvalue weighted by Crippen LogP contribution is -2.58. The standard InChI is InChI=1S/C37H43F4N5O9S.C28H32F2N4O7.C8H12F2N2O3S.ClH/c1-35(2,3)29-32(48)46-18-19(15-24(46)25(47)17-36(16-21(36)30(38)39)33(49)45-56(51,52)20-9-10-20)54-31-28(42-22-7-4-5-8-23(22)43-31)37(40,41)13-6-14-53-26-11-12-27(26)55-34(50)44-29;1-27(2,3)22-24(35)34-14-15(13-18(34)25(36)37)40-23-21(31-16-7-4-5-8-17(16)32-23)28(29,30)11-6-12-39-19-9-10-20(19)41-26(38)33-22;9-6(10)5-3-8(5,11)7(13)12-16(14,15)4-1-2-4;/h4-8,13,19-21,24,26-27,29-30H,9-12,14-18H2,1-3H3,(H,44,50)(H,45,49);4-8,11,15,18-20,22H,9-10,12-14H2,1-3H3,(H,33,38)(H,36,37);4-6H,1-3,11H2,(H,12,13);1H/b13-6+;11-6+;;/t19-,21+,24+,26-,27-,29-,36-;15-,18+,19-,20-,22-;5-,8+;/m110./s1. The highest BCUT2D eigenvalue weighted by Crippen LogP contribution is 2.59. The number of hydrogen-bond acceptors (Lipinski definition) is 23. The number of halogens is 9. The number of nitrogens with one attached hydrogen (secondary N) is 4. The van der Waals surface area contributed by atoms with Gasteiger partial charge in [0.2, 0.25) is 62.4 Å². The van der Waals surface area contributed by atoms with Gasteiger partial charge in [-0.05, 0) is 111 Å². The molecule has 2 aromatic carbocycles. The van der Waals surface area contributed by atoms with Crippen LogP contribution in [0, 0.1) is 28.1 Å². The van der Waals surface area contributed by atoms with E-state index >= 15 is 17.6 Å². The Morgan fingerprint density at radius 2 is 0.956 bits per heavy atom. The van der Waals surface area contributed by atoms with Crippen LogP contribution in [-0.2, 0) is 79.6 Å². The van der Waals surface area contributed by atoms with Crippen molar-refractivity contribution in [2.75, 3.05) is 26.3 Å². The Bertz CT molecular complexity index is 4690. The summed E-state index contributed by atoms with van der Waals surface area (Å²) in [5.41, 5.74) is -0.910. The summed E-state index contributed by atoms with van der Waals surface area (Å²) < 4.78 is 202. The van der Waals surface area contributed by atoms with Gasteiger partial charge < -0.3 is 59.7 Å². The first-order chi connectivity index (χ1) is 52.9. The van der Waals surface area contributed by atoms with E-state index in [2.05, 4.69) is 30.6 Å². The van der Waals surface area contributed by atoms with Crippen molar-refractivity contribution in [1.82, 2.24) is 49.8 Å². The van der Waals surface area contributed by atoms with Gasteiger partial charge >= 0.3 is 30.0 Å². The highest BCUT2D eigenvalue weighted by molar-refractivity contribution is 7.91. The number of ether oxygens (including phenoxy) is 6. The number of rotatable bonds is 12. The molecule has 6 amide bonds. The summed E-state index contributed by atoms with van der Waals surface area (Å²) in [5.74, 6) is -17.1. The van der Waals surface area contributed by atoms with E-state index < -0.39 is 240 Å². The average Bonchev–Trinajstić information content (AvgIpc) is 1.58. The van der Waals surface area contributed by atoms with Gasteiger partial charge in [0.05, 0.1) is 82.5 Å². The molecule has 4 bridgehead atoms. The van der Waals surface area contributed by atoms with E-state index in [1.807, 2.05) is 4.72 Å². The van der Waals surface area contributed by atoms with Gasteiger partial charge in [0.25, 0.3) is 5.91 Å². The smallest absolute Gasteiger partial charge is 0.408 e. The second-order valence-corrected chi connectivity index (χ2v) is 36.2. The van der Waals surface area contributed by atoms with Crippen molar-refractivity contribution >= 4 is 102 Å². The molecule has 4 aromatic rings. The maximum atomic E-state index is 16.0. The Hall–Kier alpha value is -8.73. The Labute approximate surface area is 655 Å². The van der Waals surface area contributed by atoms with Gasteiger partial charge in [-0.2, -0.15) is 17.6 Å². The first-order valence-corrected chi connectivity index (χ1v) is 40.0. The summed E-state index contributed by atoms with van der Waals surface area (Å²) in [6.07, 6.45) is -7.21. The molecule has 14 atom stereocenters. The molecule has 7 N–H and O–H groups in total. The highest BCUT2D eigenvalue weighted by atomic mass is 35.5. The average molecular weight is 1680 g/mol. The van der Waals surface area contributed by atoms with Crippen LogP contribution in [0.5, 0.6) is 11.8 Å². The van der Waals surface area contributed by atoms with E-state index in [1.165, 1.54) is 12.1 Å². The Kier molecular flexibility index (Phi) is 24.7. The van der Waals surface area contributed by atoms with Crippen molar-refractivity contribution in [3.05, 3.63) is 84.2 Å². The molecule has 6 aliphatic carbocycles. The number of ketones is 1. The van der Waals surface area contributed by atoms with E-state index in [0.29, 0.717) is 69.0 Å². The molecular formula is C73H88ClF8N11O19S2. The number of alkyl carbamates (subject to hydrolysis) is 2. The number of Topliss-reactive ketones (excluding diaryl/α,β-unsaturated/α-hetero) is 1. The minimum atomic E-state index is -4.16. The fourth-order valence-electron chi connectivity index (χ4n) is 14.2. The van der Waals surface area contributed by atoms with Gasteiger partial charge in [-0.3, -0.25) is 33.4 Å². The van der Waals surface area contributed by atoms with Gasteiger partial charge in [0, 0.05) is 31.1 Å². The largest absolute Gasteiger partial charge is 0.480 e. The van der Waals surface area contributed by atoms with Crippen LogP contribution in [0.15, 0.2) is 72.8 Å². The monoisotopic (exact) mass is 1670 g/mol. The normalized spacial score (nSPS) is 30.8. The van der Waals surface area contributed by atoms with Crippen LogP contribution in [0.4, 0.5) is 44.7 Å². The number of fused-ring (bicyclic) bond motifs is 10. The number of hydrogen-bond donors (Lipinski definition) is 6. The molecule has 41 heteroatoms. The number of amides is 6. The lowest BCUT2D eigenvalue weighted by molar-refractivity contribution is -0.150. The van der Waals surface area contributed by atoms with Crippen molar-refractivity contribution in [3.8, 4) is 11.8 Å². The van der Waals surface area contributed by atoms with Crippen LogP contribution in [0.25, 0.3) is 22.1 Å². The molecule has 30 nitrogen and oxygen atoms in total. The SMILES string of the molecule is CC(C)(C)[C@@H]1NC(=O)O[C@@H]2CC[C@H]2OC/C=C/C(F)(F)c2nc3ccccc3nc2O[C@@H]2C[C@@H](C(=O)C[C@]3(C(=O)NS(=O)(=O)C4CC4)C[C@H]3C(F)F)N(C2)C1=O.CC(C)(C)[C@@H]1NC(=O)O[C@@H]2CC[C@H]2OC/C=C/C(F)(F)c2nc3ccccc3nc2O[C@@H]2C[C@@H](C(=O)O)N(C2)C1=O.Cl.N[C@]1(C(=O)NS(=O)(=O)C2CC2)C[C@H]1C(F)F. The minimum absolute atomic E-state index is 0. The van der Waals surface area contributed by atoms with Crippen LogP contribution in [0.3, 0.4) is 0 Å². The van der Waals surface area contributed by atoms with Gasteiger partial charge in [0.15, 0.2) is 17.2 Å². The van der Waals surface area contributed by atoms with Crippen LogP contribution in [-0.4, -0.2) is 215 Å². The summed E-state index contributed by atoms with van der Waals surface area (Å²) >= 11 is 0. The number of carbonyl (C=O) groups is 8. The molecule has 2 aromatic heterocycles. The van der Waals surface area contributed by atoms with Crippen molar-refractivity contribution in [2.45, 2.75) is 227 Å². The van der Waals surface area contributed by atoms with E-state index in [4.69, 9.17) is 34.2 Å². The van der Waals surface area contributed by atoms with Gasteiger partial charge in [0.1, 0.15) is 48.1 Å². The molecule has 14 rings (SSSR count). The second-order valence-electron chi connectivity index (χ2n) is 32.2. The zero-order chi connectivity index (χ0) is 82.0. The molecule has 0 unspecified atom stereocenters. The lowest BCUT2D eigenvalue weighted by Gasteiger charge is -2.38. The van der Waals surface area contributed by atoms with Gasteiger partial charge in [-0.1, -0.05) is 78.0 Å². The fraction of sp³-hybridized carbons (Fsp3) is 0.616. The Morgan fingerprint density at radius 1 is 0.570 bits per heavy atom. The lowest BCUT2D eigenvalue weighted by atomic mass is 9.85. The topological polar surface area (TPSA) is 413 Å². The number of nitrogens with zero attached hydrogens (tertiary/aromatic N) is 6. The molecule has 4 aliphatic heterocycles. The Balaban J connectivity index is 0.000000192. The van der Waals surface area contributed by atoms with Crippen LogP contribution >= 0.6 is 12.4 Å². The minimum Gasteiger partial charge on any atom is -0.480 e. The van der Waals surface area contributed by atoms with Crippen molar-refractivity contribution < 1.29 is 124 Å². The third-order valence-electron chi connectivity index (χ3n) is 21.6. The number of allylic oxidation sites excluding steroid dienone is 2. The number of para-hydroxylation sites is 4. The van der Waals surface area contributed by atoms with Crippen LogP contribution < -0.4 is 35.3 Å². The van der Waals surface area contributed by atoms with Crippen LogP contribution in [0.1, 0.15) is 136 Å². The first-order valence-electron chi connectivity index (χ1n) is 36.9. The first kappa shape index (κ1) is 86.1. The maximum absolute atomic E-state index is 16.0. The summed E-state index contributed by atoms with van der Waals surface area (Å²) in [6, 6.07) is 7.44. The molecule has 624 valence electrons. The Morgan fingerprint density at radius 3 is 1.32 bits per heavy atom. The fourth-order valence-corrected chi connectivity index (χ4v) is 17.0. The molecule has 6 saturated carbocycles. The second kappa shape index (κ2) is 32.7. The third kappa shape index (κ3) is 19.0. The summed E-state index contributed by atoms with van der Waals surface area (Å²) in [7, 11) is -7.86. The summed E-state index contributed by atoms with van der Waals surface area (Å²) in [6.45, 7) is 9.09. The number of benzene rings is 2. The van der Waals surface area contributed by atoms with Gasteiger partial charge in [-0.15, -0.1) is 12.4 Å². The predicted molar refractivity (Wildman–Crippen MR) is 388 cm³/mol. The molecule has 0 spiro atoms. The number of aliphatic carboxylic acids is 1. The number of nitrogens with two attached hydrogens (primary N) is 1. The van der Waals surface area contributed by atoms with E-state index in [9.17, 15) is 77.9 Å². The number of carbonyl (C=O) groups excluding carboxylic acids is 7. The number of sulfonamides is 2. The van der Waals surface area contributed by atoms with E-state index in [-0.39, 0.29) is 68.0 Å². The van der Waals surface area contributed by atoms with E-state index in [0.717, 1.165) is 22.0 Å².